The van der Waals surface area contributed by atoms with Crippen molar-refractivity contribution < 1.29 is 9.21 Å². The third-order valence-corrected chi connectivity index (χ3v) is 4.71. The van der Waals surface area contributed by atoms with Crippen LogP contribution in [0.5, 0.6) is 0 Å². The average Bonchev–Trinajstić information content (AvgIpc) is 2.68. The highest BCUT2D eigenvalue weighted by molar-refractivity contribution is 9.10. The molecule has 0 aliphatic heterocycles. The van der Waals surface area contributed by atoms with E-state index in [-0.39, 0.29) is 5.91 Å². The number of anilines is 1. The second-order valence-electron chi connectivity index (χ2n) is 6.03. The first-order chi connectivity index (χ1) is 13.1. The lowest BCUT2D eigenvalue weighted by Crippen LogP contribution is -2.12. The minimum atomic E-state index is -0.412. The van der Waals surface area contributed by atoms with Crippen LogP contribution in [0, 0.1) is 0 Å². The van der Waals surface area contributed by atoms with Gasteiger partial charge in [0.2, 0.25) is 0 Å². The fourth-order valence-electron chi connectivity index (χ4n) is 2.83. The highest BCUT2D eigenvalue weighted by Gasteiger charge is 2.10. The lowest BCUT2D eigenvalue weighted by Gasteiger charge is -2.08. The number of fused-ring (bicyclic) bond motifs is 1. The lowest BCUT2D eigenvalue weighted by molar-refractivity contribution is 0.102. The maximum atomic E-state index is 12.4. The molecule has 5 heteroatoms. The third-order valence-electron chi connectivity index (χ3n) is 4.18. The van der Waals surface area contributed by atoms with E-state index in [1.165, 1.54) is 0 Å². The van der Waals surface area contributed by atoms with E-state index in [1.807, 2.05) is 36.4 Å². The molecular weight excluding hydrogens is 406 g/mol. The molecule has 4 rings (SSSR count). The van der Waals surface area contributed by atoms with Crippen LogP contribution in [0.1, 0.15) is 10.4 Å². The highest BCUT2D eigenvalue weighted by Crippen LogP contribution is 2.24. The van der Waals surface area contributed by atoms with Crippen molar-refractivity contribution in [3.05, 3.63) is 99.3 Å². The first-order valence-corrected chi connectivity index (χ1v) is 9.10. The zero-order valence-electron chi connectivity index (χ0n) is 14.1. The zero-order valence-corrected chi connectivity index (χ0v) is 15.7. The molecule has 4 nitrogen and oxygen atoms in total. The van der Waals surface area contributed by atoms with Crippen LogP contribution in [0.25, 0.3) is 22.1 Å². The van der Waals surface area contributed by atoms with E-state index in [4.69, 9.17) is 4.42 Å². The number of hydrogen-bond acceptors (Lipinski definition) is 3. The SMILES string of the molecule is O=C(Nc1cccc(-c2cc3ccccc3oc2=O)c1)c1ccc(Br)cc1. The van der Waals surface area contributed by atoms with Crippen LogP contribution >= 0.6 is 15.9 Å². The summed E-state index contributed by atoms with van der Waals surface area (Å²) in [5.41, 5.74) is 2.43. The van der Waals surface area contributed by atoms with E-state index in [1.54, 1.807) is 42.5 Å². The van der Waals surface area contributed by atoms with Gasteiger partial charge < -0.3 is 9.73 Å². The number of carbonyl (C=O) groups is 1. The molecule has 0 radical (unpaired) electrons. The molecule has 1 aromatic heterocycles. The van der Waals surface area contributed by atoms with Crippen molar-refractivity contribution >= 4 is 38.5 Å². The molecule has 0 saturated carbocycles. The lowest BCUT2D eigenvalue weighted by atomic mass is 10.1. The first-order valence-electron chi connectivity index (χ1n) is 8.30. The molecule has 0 bridgehead atoms. The van der Waals surface area contributed by atoms with E-state index in [0.717, 1.165) is 9.86 Å². The third kappa shape index (κ3) is 3.68. The Bertz CT molecular complexity index is 1200. The van der Waals surface area contributed by atoms with Gasteiger partial charge in [-0.05, 0) is 54.1 Å². The summed E-state index contributed by atoms with van der Waals surface area (Å²) in [6, 6.07) is 23.4. The molecule has 0 atom stereocenters. The minimum Gasteiger partial charge on any atom is -0.422 e. The van der Waals surface area contributed by atoms with Gasteiger partial charge in [-0.1, -0.05) is 46.3 Å². The van der Waals surface area contributed by atoms with Crippen molar-refractivity contribution in [2.75, 3.05) is 5.32 Å². The monoisotopic (exact) mass is 419 g/mol. The molecule has 0 unspecified atom stereocenters. The summed E-state index contributed by atoms with van der Waals surface area (Å²) in [5, 5.41) is 3.70. The highest BCUT2D eigenvalue weighted by atomic mass is 79.9. The van der Waals surface area contributed by atoms with Crippen LogP contribution in [-0.2, 0) is 0 Å². The smallest absolute Gasteiger partial charge is 0.344 e. The van der Waals surface area contributed by atoms with Gasteiger partial charge in [0.25, 0.3) is 5.91 Å². The van der Waals surface area contributed by atoms with Crippen molar-refractivity contribution in [1.82, 2.24) is 0 Å². The Kier molecular flexibility index (Phi) is 4.60. The van der Waals surface area contributed by atoms with Gasteiger partial charge in [-0.2, -0.15) is 0 Å². The number of halogens is 1. The summed E-state index contributed by atoms with van der Waals surface area (Å²) < 4.78 is 6.31. The Hall–Kier alpha value is -3.18. The zero-order chi connectivity index (χ0) is 18.8. The summed E-state index contributed by atoms with van der Waals surface area (Å²) in [7, 11) is 0. The Balaban J connectivity index is 1.66. The predicted octanol–water partition coefficient (Wildman–Crippen LogP) is 5.47. The van der Waals surface area contributed by atoms with Crippen LogP contribution < -0.4 is 10.9 Å². The minimum absolute atomic E-state index is 0.217. The normalized spacial score (nSPS) is 10.7. The van der Waals surface area contributed by atoms with Crippen molar-refractivity contribution in [1.29, 1.82) is 0 Å². The van der Waals surface area contributed by atoms with Gasteiger partial charge in [0, 0.05) is 21.1 Å². The molecule has 1 N–H and O–H groups in total. The van der Waals surface area contributed by atoms with E-state index in [0.29, 0.717) is 28.0 Å². The summed E-state index contributed by atoms with van der Waals surface area (Å²) in [4.78, 5) is 24.8. The topological polar surface area (TPSA) is 59.3 Å². The number of benzene rings is 3. The summed E-state index contributed by atoms with van der Waals surface area (Å²) in [5.74, 6) is -0.217. The number of carbonyl (C=O) groups excluding carboxylic acids is 1. The van der Waals surface area contributed by atoms with Crippen LogP contribution in [0.2, 0.25) is 0 Å². The molecule has 0 aliphatic rings. The number of amides is 1. The van der Waals surface area contributed by atoms with Crippen molar-refractivity contribution in [2.24, 2.45) is 0 Å². The number of nitrogens with one attached hydrogen (secondary N) is 1. The number of rotatable bonds is 3. The van der Waals surface area contributed by atoms with Crippen LogP contribution in [0.4, 0.5) is 5.69 Å². The summed E-state index contributed by atoms with van der Waals surface area (Å²) >= 11 is 3.35. The van der Waals surface area contributed by atoms with Gasteiger partial charge in [0.1, 0.15) is 5.58 Å². The van der Waals surface area contributed by atoms with Gasteiger partial charge in [-0.15, -0.1) is 0 Å². The Morgan fingerprint density at radius 2 is 1.67 bits per heavy atom. The molecule has 1 amide bonds. The van der Waals surface area contributed by atoms with Crippen LogP contribution in [0.3, 0.4) is 0 Å². The fraction of sp³-hybridized carbons (Fsp3) is 0. The van der Waals surface area contributed by atoms with Gasteiger partial charge in [-0.25, -0.2) is 4.79 Å². The van der Waals surface area contributed by atoms with Gasteiger partial charge in [0.15, 0.2) is 0 Å². The molecule has 0 spiro atoms. The second kappa shape index (κ2) is 7.21. The van der Waals surface area contributed by atoms with E-state index < -0.39 is 5.63 Å². The number of hydrogen-bond donors (Lipinski definition) is 1. The standard InChI is InChI=1S/C22H14BrNO3/c23-17-10-8-14(9-11-17)21(25)24-18-6-3-5-15(12-18)19-13-16-4-1-2-7-20(16)27-22(19)26/h1-13H,(H,24,25). The largest absolute Gasteiger partial charge is 0.422 e. The molecule has 0 aliphatic carbocycles. The van der Waals surface area contributed by atoms with Gasteiger partial charge in [-0.3, -0.25) is 4.79 Å². The average molecular weight is 420 g/mol. The van der Waals surface area contributed by atoms with Crippen molar-refractivity contribution in [3.8, 4) is 11.1 Å². The quantitative estimate of drug-likeness (QED) is 0.447. The molecule has 27 heavy (non-hydrogen) atoms. The van der Waals surface area contributed by atoms with E-state index in [2.05, 4.69) is 21.2 Å². The molecule has 1 heterocycles. The van der Waals surface area contributed by atoms with Gasteiger partial charge >= 0.3 is 5.63 Å². The Morgan fingerprint density at radius 1 is 0.889 bits per heavy atom. The molecule has 0 saturated heterocycles. The van der Waals surface area contributed by atoms with Crippen LogP contribution in [-0.4, -0.2) is 5.91 Å². The van der Waals surface area contributed by atoms with Crippen molar-refractivity contribution in [3.63, 3.8) is 0 Å². The van der Waals surface area contributed by atoms with E-state index >= 15 is 0 Å². The fourth-order valence-corrected chi connectivity index (χ4v) is 3.10. The Morgan fingerprint density at radius 3 is 2.48 bits per heavy atom. The maximum Gasteiger partial charge on any atom is 0.344 e. The maximum absolute atomic E-state index is 12.4. The first kappa shape index (κ1) is 17.2. The van der Waals surface area contributed by atoms with Crippen molar-refractivity contribution in [2.45, 2.75) is 0 Å². The molecular formula is C22H14BrNO3. The predicted molar refractivity (Wildman–Crippen MR) is 110 cm³/mol. The van der Waals surface area contributed by atoms with E-state index in [9.17, 15) is 9.59 Å². The summed E-state index contributed by atoms with van der Waals surface area (Å²) in [6.07, 6.45) is 0. The summed E-state index contributed by atoms with van der Waals surface area (Å²) in [6.45, 7) is 0. The second-order valence-corrected chi connectivity index (χ2v) is 6.94. The number of para-hydroxylation sites is 1. The van der Waals surface area contributed by atoms with Gasteiger partial charge in [0.05, 0.1) is 5.56 Å². The molecule has 0 fully saturated rings. The molecule has 4 aromatic rings. The molecule has 3 aromatic carbocycles. The molecule has 132 valence electrons. The Labute approximate surface area is 163 Å². The van der Waals surface area contributed by atoms with Crippen LogP contribution in [0.15, 0.2) is 92.5 Å².